The molecule has 2 heterocycles. The molecule has 0 saturated carbocycles. The quantitative estimate of drug-likeness (QED) is 0.822. The van der Waals surface area contributed by atoms with Gasteiger partial charge in [0.05, 0.1) is 12.0 Å². The van der Waals surface area contributed by atoms with Crippen molar-refractivity contribution in [1.82, 2.24) is 10.2 Å². The number of nitrogens with one attached hydrogen (secondary N) is 1. The van der Waals surface area contributed by atoms with Crippen LogP contribution in [0.5, 0.6) is 0 Å². The molecule has 0 bridgehead atoms. The van der Waals surface area contributed by atoms with Gasteiger partial charge >= 0.3 is 0 Å². The fraction of sp³-hybridized carbons (Fsp3) is 0.467. The van der Waals surface area contributed by atoms with Gasteiger partial charge in [0.15, 0.2) is 0 Å². The zero-order valence-electron chi connectivity index (χ0n) is 10.8. The molecule has 2 aliphatic heterocycles. The van der Waals surface area contributed by atoms with Gasteiger partial charge in [0.2, 0.25) is 11.8 Å². The molecule has 4 heteroatoms. The number of nitrogens with zero attached hydrogens (tertiary/aromatic N) is 1. The van der Waals surface area contributed by atoms with Gasteiger partial charge in [-0.3, -0.25) is 14.5 Å². The Balaban J connectivity index is 1.68. The number of piperidine rings is 1. The van der Waals surface area contributed by atoms with Crippen LogP contribution in [0.4, 0.5) is 0 Å². The highest BCUT2D eigenvalue weighted by Crippen LogP contribution is 2.27. The van der Waals surface area contributed by atoms with Crippen LogP contribution in [0.2, 0.25) is 0 Å². The molecule has 19 heavy (non-hydrogen) atoms. The molecule has 0 radical (unpaired) electrons. The summed E-state index contributed by atoms with van der Waals surface area (Å²) in [7, 11) is 0. The molecule has 2 atom stereocenters. The number of hydrogen-bond acceptors (Lipinski definition) is 3. The van der Waals surface area contributed by atoms with Crippen LogP contribution >= 0.6 is 0 Å². The summed E-state index contributed by atoms with van der Waals surface area (Å²) in [5, 5.41) is 3.18. The van der Waals surface area contributed by atoms with Gasteiger partial charge in [-0.25, -0.2) is 0 Å². The van der Waals surface area contributed by atoms with Crippen molar-refractivity contribution in [2.75, 3.05) is 13.1 Å². The lowest BCUT2D eigenvalue weighted by Gasteiger charge is -2.21. The van der Waals surface area contributed by atoms with E-state index in [1.807, 2.05) is 30.3 Å². The summed E-state index contributed by atoms with van der Waals surface area (Å²) in [6.07, 6.45) is 2.55. The Kier molecular flexibility index (Phi) is 3.34. The van der Waals surface area contributed by atoms with Crippen LogP contribution in [-0.4, -0.2) is 35.8 Å². The topological polar surface area (TPSA) is 49.4 Å². The molecule has 1 N–H and O–H groups in total. The summed E-state index contributed by atoms with van der Waals surface area (Å²) in [5.74, 6) is -0.152. The maximum Gasteiger partial charge on any atom is 0.247 e. The highest BCUT2D eigenvalue weighted by molar-refractivity contribution is 6.07. The van der Waals surface area contributed by atoms with Crippen molar-refractivity contribution in [2.45, 2.75) is 25.3 Å². The molecular weight excluding hydrogens is 240 g/mol. The van der Waals surface area contributed by atoms with Gasteiger partial charge in [0.1, 0.15) is 0 Å². The van der Waals surface area contributed by atoms with E-state index in [9.17, 15) is 9.59 Å². The van der Waals surface area contributed by atoms with Crippen LogP contribution in [0.15, 0.2) is 30.3 Å². The number of amides is 2. The van der Waals surface area contributed by atoms with E-state index in [1.165, 1.54) is 4.90 Å². The molecule has 2 aliphatic rings. The lowest BCUT2D eigenvalue weighted by molar-refractivity contribution is -0.139. The van der Waals surface area contributed by atoms with Crippen LogP contribution in [-0.2, 0) is 16.0 Å². The Labute approximate surface area is 112 Å². The second-order valence-corrected chi connectivity index (χ2v) is 5.24. The van der Waals surface area contributed by atoms with Crippen LogP contribution in [0, 0.1) is 5.92 Å². The monoisotopic (exact) mass is 258 g/mol. The number of carbonyl (C=O) groups excluding carboxylic acids is 2. The number of rotatable bonds is 3. The van der Waals surface area contributed by atoms with E-state index in [1.54, 1.807) is 0 Å². The first-order valence-electron chi connectivity index (χ1n) is 6.90. The Morgan fingerprint density at radius 3 is 2.68 bits per heavy atom. The summed E-state index contributed by atoms with van der Waals surface area (Å²) in [6.45, 7) is 1.34. The maximum atomic E-state index is 12.2. The van der Waals surface area contributed by atoms with E-state index in [0.717, 1.165) is 31.4 Å². The second kappa shape index (κ2) is 5.13. The van der Waals surface area contributed by atoms with Crippen molar-refractivity contribution >= 4 is 11.8 Å². The Morgan fingerprint density at radius 2 is 1.95 bits per heavy atom. The van der Waals surface area contributed by atoms with Crippen molar-refractivity contribution in [3.05, 3.63) is 35.9 Å². The number of imide groups is 1. The van der Waals surface area contributed by atoms with Gasteiger partial charge in [-0.2, -0.15) is 0 Å². The van der Waals surface area contributed by atoms with Crippen molar-refractivity contribution in [3.8, 4) is 0 Å². The molecule has 1 aromatic carbocycles. The summed E-state index contributed by atoms with van der Waals surface area (Å²) < 4.78 is 0. The average molecular weight is 258 g/mol. The molecule has 0 aromatic heterocycles. The SMILES string of the molecule is O=C1C2CCCNC2C(=O)N1CCc1ccccc1. The second-order valence-electron chi connectivity index (χ2n) is 5.24. The van der Waals surface area contributed by atoms with Crippen molar-refractivity contribution in [1.29, 1.82) is 0 Å². The highest BCUT2D eigenvalue weighted by Gasteiger charge is 2.47. The van der Waals surface area contributed by atoms with Crippen molar-refractivity contribution in [3.63, 3.8) is 0 Å². The maximum absolute atomic E-state index is 12.2. The highest BCUT2D eigenvalue weighted by atomic mass is 16.2. The van der Waals surface area contributed by atoms with E-state index in [4.69, 9.17) is 0 Å². The number of hydrogen-bond donors (Lipinski definition) is 1. The van der Waals surface area contributed by atoms with Crippen LogP contribution in [0.1, 0.15) is 18.4 Å². The molecule has 100 valence electrons. The summed E-state index contributed by atoms with van der Waals surface area (Å²) >= 11 is 0. The smallest absolute Gasteiger partial charge is 0.247 e. The lowest BCUT2D eigenvalue weighted by atomic mass is 9.93. The first-order chi connectivity index (χ1) is 9.27. The molecule has 2 fully saturated rings. The number of benzene rings is 1. The van der Waals surface area contributed by atoms with Gasteiger partial charge in [0.25, 0.3) is 0 Å². The molecule has 0 spiro atoms. The minimum absolute atomic E-state index is 0.0122. The fourth-order valence-electron chi connectivity index (χ4n) is 3.00. The standard InChI is InChI=1S/C15H18N2O2/c18-14-12-7-4-9-16-13(12)15(19)17(14)10-8-11-5-2-1-3-6-11/h1-3,5-6,12-13,16H,4,7-10H2. The zero-order valence-corrected chi connectivity index (χ0v) is 10.8. The minimum atomic E-state index is -0.267. The summed E-state index contributed by atoms with van der Waals surface area (Å²) in [4.78, 5) is 25.9. The average Bonchev–Trinajstić information content (AvgIpc) is 2.71. The third-order valence-electron chi connectivity index (χ3n) is 4.04. The van der Waals surface area contributed by atoms with E-state index in [0.29, 0.717) is 6.54 Å². The van der Waals surface area contributed by atoms with Crippen molar-refractivity contribution in [2.24, 2.45) is 5.92 Å². The number of carbonyl (C=O) groups is 2. The van der Waals surface area contributed by atoms with E-state index < -0.39 is 0 Å². The van der Waals surface area contributed by atoms with E-state index in [2.05, 4.69) is 5.32 Å². The summed E-state index contributed by atoms with van der Waals surface area (Å²) in [5.41, 5.74) is 1.16. The Morgan fingerprint density at radius 1 is 1.16 bits per heavy atom. The first kappa shape index (κ1) is 12.4. The lowest BCUT2D eigenvalue weighted by Crippen LogP contribution is -2.44. The minimum Gasteiger partial charge on any atom is -0.305 e. The third kappa shape index (κ3) is 2.28. The molecule has 3 rings (SSSR count). The predicted octanol–water partition coefficient (Wildman–Crippen LogP) is 0.966. The van der Waals surface area contributed by atoms with Crippen molar-refractivity contribution < 1.29 is 9.59 Å². The molecule has 2 amide bonds. The van der Waals surface area contributed by atoms with Gasteiger partial charge in [0, 0.05) is 6.54 Å². The fourth-order valence-corrected chi connectivity index (χ4v) is 3.00. The predicted molar refractivity (Wildman–Crippen MR) is 71.4 cm³/mol. The van der Waals surface area contributed by atoms with Gasteiger partial charge in [-0.05, 0) is 31.4 Å². The molecule has 1 aromatic rings. The van der Waals surface area contributed by atoms with E-state index in [-0.39, 0.29) is 23.8 Å². The van der Waals surface area contributed by atoms with Gasteiger partial charge in [-0.1, -0.05) is 30.3 Å². The molecule has 4 nitrogen and oxygen atoms in total. The Bertz CT molecular complexity index is 462. The van der Waals surface area contributed by atoms with Crippen LogP contribution in [0.25, 0.3) is 0 Å². The summed E-state index contributed by atoms with van der Waals surface area (Å²) in [6, 6.07) is 9.70. The zero-order chi connectivity index (χ0) is 13.2. The Hall–Kier alpha value is -1.68. The number of fused-ring (bicyclic) bond motifs is 1. The normalized spacial score (nSPS) is 26.6. The molecule has 0 aliphatic carbocycles. The van der Waals surface area contributed by atoms with Crippen LogP contribution in [0.3, 0.4) is 0 Å². The van der Waals surface area contributed by atoms with Gasteiger partial charge < -0.3 is 5.32 Å². The molecule has 2 unspecified atom stereocenters. The largest absolute Gasteiger partial charge is 0.305 e. The van der Waals surface area contributed by atoms with Crippen LogP contribution < -0.4 is 5.32 Å². The molecule has 2 saturated heterocycles. The van der Waals surface area contributed by atoms with Gasteiger partial charge in [-0.15, -0.1) is 0 Å². The third-order valence-corrected chi connectivity index (χ3v) is 4.04. The van der Waals surface area contributed by atoms with E-state index >= 15 is 0 Å². The molecular formula is C15H18N2O2. The number of likely N-dealkylation sites (tertiary alicyclic amines) is 1. The first-order valence-corrected chi connectivity index (χ1v) is 6.90.